The molecule has 0 aliphatic rings. The van der Waals surface area contributed by atoms with Crippen LogP contribution in [-0.4, -0.2) is 31.2 Å². The van der Waals surface area contributed by atoms with Crippen molar-refractivity contribution in [3.63, 3.8) is 0 Å². The second kappa shape index (κ2) is 10.5. The van der Waals surface area contributed by atoms with Crippen molar-refractivity contribution in [2.75, 3.05) is 25.6 Å². The second-order valence-electron chi connectivity index (χ2n) is 6.00. The van der Waals surface area contributed by atoms with E-state index in [1.54, 1.807) is 24.6 Å². The minimum absolute atomic E-state index is 0.0262. The number of ether oxygens (including phenoxy) is 3. The Bertz CT molecular complexity index is 1110. The number of rotatable bonds is 9. The molecule has 1 N–H and O–H groups in total. The van der Waals surface area contributed by atoms with Crippen LogP contribution in [0.25, 0.3) is 0 Å². The molecule has 0 saturated heterocycles. The molecule has 11 heteroatoms. The van der Waals surface area contributed by atoms with Crippen LogP contribution in [0.1, 0.15) is 9.67 Å². The summed E-state index contributed by atoms with van der Waals surface area (Å²) in [6.45, 7) is 0.631. The first-order chi connectivity index (χ1) is 14.9. The van der Waals surface area contributed by atoms with Gasteiger partial charge in [0.15, 0.2) is 5.75 Å². The lowest BCUT2D eigenvalue weighted by atomic mass is 10.2. The maximum atomic E-state index is 12.8. The fourth-order valence-electron chi connectivity index (χ4n) is 2.51. The van der Waals surface area contributed by atoms with Crippen LogP contribution in [-0.2, 0) is 4.74 Å². The van der Waals surface area contributed by atoms with E-state index in [0.717, 1.165) is 11.3 Å². The van der Waals surface area contributed by atoms with Gasteiger partial charge in [-0.25, -0.2) is 0 Å². The Morgan fingerprint density at radius 1 is 1.10 bits per heavy atom. The number of hydrogen-bond acceptors (Lipinski definition) is 7. The quantitative estimate of drug-likeness (QED) is 0.227. The molecule has 0 saturated carbocycles. The van der Waals surface area contributed by atoms with Crippen LogP contribution in [0.3, 0.4) is 0 Å². The number of carbonyl (C=O) groups excluding carboxylic acids is 1. The van der Waals surface area contributed by atoms with Crippen molar-refractivity contribution in [2.45, 2.75) is 0 Å². The molecule has 0 unspecified atom stereocenters. The van der Waals surface area contributed by atoms with Crippen LogP contribution in [0, 0.1) is 10.1 Å². The van der Waals surface area contributed by atoms with E-state index in [2.05, 4.69) is 5.32 Å². The molecule has 0 bridgehead atoms. The first-order valence-electron chi connectivity index (χ1n) is 8.81. The molecule has 1 heterocycles. The number of benzene rings is 2. The summed E-state index contributed by atoms with van der Waals surface area (Å²) in [5, 5.41) is 16.0. The Balaban J connectivity index is 1.81. The molecule has 0 aliphatic carbocycles. The van der Waals surface area contributed by atoms with Crippen molar-refractivity contribution in [1.82, 2.24) is 0 Å². The topological polar surface area (TPSA) is 99.9 Å². The summed E-state index contributed by atoms with van der Waals surface area (Å²) >= 11 is 13.5. The number of para-hydroxylation sites is 2. The first-order valence-corrected chi connectivity index (χ1v) is 10.4. The maximum Gasteiger partial charge on any atom is 0.311 e. The summed E-state index contributed by atoms with van der Waals surface area (Å²) < 4.78 is 16.1. The normalized spacial score (nSPS) is 10.5. The number of nitro benzene ring substituents is 1. The highest BCUT2D eigenvalue weighted by Crippen LogP contribution is 2.37. The lowest BCUT2D eigenvalue weighted by molar-refractivity contribution is -0.385. The molecule has 3 rings (SSSR count). The van der Waals surface area contributed by atoms with Crippen molar-refractivity contribution in [3.8, 4) is 17.2 Å². The Hall–Kier alpha value is -2.85. The summed E-state index contributed by atoms with van der Waals surface area (Å²) in [6, 6.07) is 10.4. The van der Waals surface area contributed by atoms with E-state index in [0.29, 0.717) is 12.4 Å². The molecule has 1 amide bonds. The van der Waals surface area contributed by atoms with Crippen LogP contribution in [0.2, 0.25) is 10.0 Å². The van der Waals surface area contributed by atoms with E-state index in [-0.39, 0.29) is 44.4 Å². The Labute approximate surface area is 191 Å². The molecule has 2 aromatic carbocycles. The van der Waals surface area contributed by atoms with E-state index < -0.39 is 10.8 Å². The van der Waals surface area contributed by atoms with Gasteiger partial charge < -0.3 is 19.5 Å². The van der Waals surface area contributed by atoms with Crippen LogP contribution >= 0.6 is 34.5 Å². The number of nitrogens with one attached hydrogen (secondary N) is 1. The number of anilines is 1. The number of carbonyl (C=O) groups is 1. The highest BCUT2D eigenvalue weighted by Gasteiger charge is 2.21. The number of amides is 1. The number of hydrogen-bond donors (Lipinski definition) is 1. The summed E-state index contributed by atoms with van der Waals surface area (Å²) in [5.74, 6) is 0.0355. The Morgan fingerprint density at radius 2 is 1.87 bits per heavy atom. The van der Waals surface area contributed by atoms with Crippen molar-refractivity contribution < 1.29 is 23.9 Å². The molecule has 3 aromatic rings. The van der Waals surface area contributed by atoms with Gasteiger partial charge in [-0.3, -0.25) is 14.9 Å². The first kappa shape index (κ1) is 22.8. The SMILES string of the molecule is COCCOc1cc(NC(=O)c2sccc2Oc2ccccc2[N+](=O)[O-])c(Cl)cc1Cl. The monoisotopic (exact) mass is 482 g/mol. The third-order valence-electron chi connectivity index (χ3n) is 3.93. The Kier molecular flexibility index (Phi) is 7.69. The van der Waals surface area contributed by atoms with E-state index in [1.165, 1.54) is 30.3 Å². The molecule has 0 aliphatic heterocycles. The standard InChI is InChI=1S/C20H16Cl2N2O6S/c1-28-7-8-29-18-11-14(12(21)10-13(18)22)23-20(25)19-17(6-9-31-19)30-16-5-3-2-4-15(16)24(26)27/h2-6,9-11H,7-8H2,1H3,(H,23,25). The average Bonchev–Trinajstić information content (AvgIpc) is 3.20. The van der Waals surface area contributed by atoms with Crippen molar-refractivity contribution in [2.24, 2.45) is 0 Å². The smallest absolute Gasteiger partial charge is 0.311 e. The summed E-state index contributed by atoms with van der Waals surface area (Å²) in [5.41, 5.74) is 0.0761. The second-order valence-corrected chi connectivity index (χ2v) is 7.73. The Morgan fingerprint density at radius 3 is 2.61 bits per heavy atom. The van der Waals surface area contributed by atoms with Gasteiger partial charge in [0.2, 0.25) is 5.75 Å². The number of methoxy groups -OCH3 is 1. The third-order valence-corrected chi connectivity index (χ3v) is 5.43. The number of nitrogens with zero attached hydrogens (tertiary/aromatic N) is 1. The molecule has 162 valence electrons. The van der Waals surface area contributed by atoms with Crippen LogP contribution in [0.4, 0.5) is 11.4 Å². The van der Waals surface area contributed by atoms with Crippen LogP contribution in [0.15, 0.2) is 47.8 Å². The summed E-state index contributed by atoms with van der Waals surface area (Å²) in [6.07, 6.45) is 0. The summed E-state index contributed by atoms with van der Waals surface area (Å²) in [7, 11) is 1.54. The highest BCUT2D eigenvalue weighted by molar-refractivity contribution is 7.12. The van der Waals surface area contributed by atoms with Gasteiger partial charge in [-0.2, -0.15) is 0 Å². The molecule has 0 atom stereocenters. The van der Waals surface area contributed by atoms with Gasteiger partial charge in [-0.15, -0.1) is 11.3 Å². The average molecular weight is 483 g/mol. The third kappa shape index (κ3) is 5.65. The van der Waals surface area contributed by atoms with E-state index in [1.807, 2.05) is 0 Å². The number of halogens is 2. The van der Waals surface area contributed by atoms with Crippen molar-refractivity contribution in [3.05, 3.63) is 72.9 Å². The van der Waals surface area contributed by atoms with Gasteiger partial charge in [0.25, 0.3) is 5.91 Å². The van der Waals surface area contributed by atoms with Crippen LogP contribution in [0.5, 0.6) is 17.2 Å². The molecule has 31 heavy (non-hydrogen) atoms. The van der Waals surface area contributed by atoms with Gasteiger partial charge in [-0.05, 0) is 23.6 Å². The minimum Gasteiger partial charge on any atom is -0.490 e. The molecular weight excluding hydrogens is 467 g/mol. The zero-order valence-electron chi connectivity index (χ0n) is 16.1. The van der Waals surface area contributed by atoms with Crippen molar-refractivity contribution >= 4 is 51.8 Å². The maximum absolute atomic E-state index is 12.8. The molecule has 1 aromatic heterocycles. The molecule has 0 radical (unpaired) electrons. The van der Waals surface area contributed by atoms with E-state index in [4.69, 9.17) is 37.4 Å². The largest absolute Gasteiger partial charge is 0.490 e. The predicted octanol–water partition coefficient (Wildman–Crippen LogP) is 6.03. The molecule has 8 nitrogen and oxygen atoms in total. The van der Waals surface area contributed by atoms with Gasteiger partial charge >= 0.3 is 5.69 Å². The van der Waals surface area contributed by atoms with E-state index in [9.17, 15) is 14.9 Å². The molecule has 0 spiro atoms. The highest BCUT2D eigenvalue weighted by atomic mass is 35.5. The predicted molar refractivity (Wildman–Crippen MR) is 119 cm³/mol. The zero-order chi connectivity index (χ0) is 22.4. The molecular formula is C20H16Cl2N2O6S. The fraction of sp³-hybridized carbons (Fsp3) is 0.150. The van der Waals surface area contributed by atoms with Gasteiger partial charge in [0.1, 0.15) is 17.2 Å². The zero-order valence-corrected chi connectivity index (χ0v) is 18.4. The van der Waals surface area contributed by atoms with Gasteiger partial charge in [-0.1, -0.05) is 35.3 Å². The number of thiophene rings is 1. The lowest BCUT2D eigenvalue weighted by Crippen LogP contribution is -2.12. The van der Waals surface area contributed by atoms with E-state index >= 15 is 0 Å². The van der Waals surface area contributed by atoms with Gasteiger partial charge in [0.05, 0.1) is 27.3 Å². The van der Waals surface area contributed by atoms with Gasteiger partial charge in [0, 0.05) is 19.2 Å². The number of nitro groups is 1. The minimum atomic E-state index is -0.556. The van der Waals surface area contributed by atoms with Crippen LogP contribution < -0.4 is 14.8 Å². The fourth-order valence-corrected chi connectivity index (χ4v) is 3.70. The lowest BCUT2D eigenvalue weighted by Gasteiger charge is -2.13. The van der Waals surface area contributed by atoms with Crippen molar-refractivity contribution in [1.29, 1.82) is 0 Å². The summed E-state index contributed by atoms with van der Waals surface area (Å²) in [4.78, 5) is 23.7. The molecule has 0 fully saturated rings.